The Hall–Kier alpha value is -2.46. The van der Waals surface area contributed by atoms with Crippen molar-refractivity contribution in [1.82, 2.24) is 0 Å². The summed E-state index contributed by atoms with van der Waals surface area (Å²) in [5, 5.41) is 9.68. The van der Waals surface area contributed by atoms with Crippen molar-refractivity contribution < 1.29 is 14.6 Å². The van der Waals surface area contributed by atoms with Gasteiger partial charge in [0.15, 0.2) is 0 Å². The molecule has 0 aromatic heterocycles. The van der Waals surface area contributed by atoms with Crippen LogP contribution in [-0.4, -0.2) is 30.5 Å². The highest BCUT2D eigenvalue weighted by molar-refractivity contribution is 5.47. The highest BCUT2D eigenvalue weighted by atomic mass is 16.5. The smallest absolute Gasteiger partial charge is 0.143 e. The molecule has 0 bridgehead atoms. The number of benzene rings is 3. The van der Waals surface area contributed by atoms with Gasteiger partial charge < -0.3 is 14.6 Å². The van der Waals surface area contributed by atoms with Crippen molar-refractivity contribution in [1.29, 1.82) is 0 Å². The molecule has 3 aromatic rings. The van der Waals surface area contributed by atoms with Crippen LogP contribution in [0.25, 0.3) is 0 Å². The predicted molar refractivity (Wildman–Crippen MR) is 115 cm³/mol. The van der Waals surface area contributed by atoms with E-state index in [4.69, 9.17) is 9.47 Å². The summed E-state index contributed by atoms with van der Waals surface area (Å²) in [6, 6.07) is 31.3. The molecule has 150 valence electrons. The summed E-state index contributed by atoms with van der Waals surface area (Å²) < 4.78 is 12.4. The molecule has 0 spiro atoms. The van der Waals surface area contributed by atoms with Gasteiger partial charge in [0.25, 0.3) is 0 Å². The minimum Gasteiger partial charge on any atom is -0.391 e. The number of rotatable bonds is 8. The van der Waals surface area contributed by atoms with Crippen molar-refractivity contribution >= 4 is 0 Å². The maximum Gasteiger partial charge on any atom is 0.143 e. The first kappa shape index (κ1) is 19.8. The minimum absolute atomic E-state index is 0.133. The van der Waals surface area contributed by atoms with Gasteiger partial charge in [-0.1, -0.05) is 91.0 Å². The number of hydrogen-bond donors (Lipinski definition) is 1. The van der Waals surface area contributed by atoms with E-state index in [1.807, 2.05) is 18.2 Å². The van der Waals surface area contributed by atoms with Gasteiger partial charge in [-0.2, -0.15) is 0 Å². The third-order valence-electron chi connectivity index (χ3n) is 5.59. The lowest BCUT2D eigenvalue weighted by atomic mass is 9.80. The second-order valence-corrected chi connectivity index (χ2v) is 7.61. The molecule has 3 nitrogen and oxygen atoms in total. The van der Waals surface area contributed by atoms with Crippen LogP contribution in [0, 0.1) is 0 Å². The highest BCUT2D eigenvalue weighted by Gasteiger charge is 2.37. The third kappa shape index (κ3) is 4.43. The summed E-state index contributed by atoms with van der Waals surface area (Å²) in [7, 11) is 0. The van der Waals surface area contributed by atoms with Gasteiger partial charge >= 0.3 is 0 Å². The Morgan fingerprint density at radius 3 is 1.69 bits per heavy atom. The summed E-state index contributed by atoms with van der Waals surface area (Å²) in [5.74, 6) is 0. The van der Waals surface area contributed by atoms with Gasteiger partial charge in [0, 0.05) is 13.0 Å². The fourth-order valence-electron chi connectivity index (χ4n) is 4.19. The molecule has 1 aliphatic heterocycles. The van der Waals surface area contributed by atoms with E-state index >= 15 is 0 Å². The van der Waals surface area contributed by atoms with Crippen molar-refractivity contribution in [3.05, 3.63) is 108 Å². The van der Waals surface area contributed by atoms with Crippen molar-refractivity contribution in [2.24, 2.45) is 0 Å². The zero-order valence-electron chi connectivity index (χ0n) is 16.6. The van der Waals surface area contributed by atoms with Crippen LogP contribution in [0.2, 0.25) is 0 Å². The summed E-state index contributed by atoms with van der Waals surface area (Å²) >= 11 is 0. The zero-order chi connectivity index (χ0) is 19.9. The van der Waals surface area contributed by atoms with Gasteiger partial charge in [0.1, 0.15) is 5.60 Å². The molecule has 4 rings (SSSR count). The molecule has 1 fully saturated rings. The van der Waals surface area contributed by atoms with Gasteiger partial charge in [0.2, 0.25) is 0 Å². The number of aliphatic hydroxyl groups is 1. The van der Waals surface area contributed by atoms with Crippen LogP contribution in [0.3, 0.4) is 0 Å². The SMILES string of the molecule is OC1COC(CCCOC(c2ccccc2)(c2ccccc2)c2ccccc2)C1. The molecule has 1 N–H and O–H groups in total. The van der Waals surface area contributed by atoms with E-state index in [2.05, 4.69) is 72.8 Å². The molecule has 0 aliphatic carbocycles. The molecule has 0 amide bonds. The Labute approximate surface area is 172 Å². The van der Waals surface area contributed by atoms with Crippen LogP contribution >= 0.6 is 0 Å². The van der Waals surface area contributed by atoms with Gasteiger partial charge in [0.05, 0.1) is 18.8 Å². The first-order chi connectivity index (χ1) is 14.3. The Morgan fingerprint density at radius 1 is 0.793 bits per heavy atom. The lowest BCUT2D eigenvalue weighted by molar-refractivity contribution is 0.00395. The van der Waals surface area contributed by atoms with Crippen LogP contribution in [0.15, 0.2) is 91.0 Å². The summed E-state index contributed by atoms with van der Waals surface area (Å²) in [4.78, 5) is 0. The van der Waals surface area contributed by atoms with Crippen LogP contribution in [0.1, 0.15) is 36.0 Å². The Kier molecular flexibility index (Phi) is 6.40. The van der Waals surface area contributed by atoms with Gasteiger partial charge in [-0.25, -0.2) is 0 Å². The van der Waals surface area contributed by atoms with E-state index in [-0.39, 0.29) is 12.2 Å². The van der Waals surface area contributed by atoms with Crippen molar-refractivity contribution in [3.8, 4) is 0 Å². The van der Waals surface area contributed by atoms with Crippen molar-refractivity contribution in [3.63, 3.8) is 0 Å². The predicted octanol–water partition coefficient (Wildman–Crippen LogP) is 4.93. The quantitative estimate of drug-likeness (QED) is 0.439. The van der Waals surface area contributed by atoms with E-state index in [0.717, 1.165) is 36.0 Å². The lowest BCUT2D eigenvalue weighted by Gasteiger charge is -2.36. The summed E-state index contributed by atoms with van der Waals surface area (Å²) in [5.41, 5.74) is 2.68. The number of ether oxygens (including phenoxy) is 2. The standard InChI is InChI=1S/C26H28O3/c27-24-19-25(28-20-24)17-10-18-29-26(21-11-4-1-5-12-21,22-13-6-2-7-14-22)23-15-8-3-9-16-23/h1-9,11-16,24-25,27H,10,17-20H2. The monoisotopic (exact) mass is 388 g/mol. The summed E-state index contributed by atoms with van der Waals surface area (Å²) in [6.45, 7) is 1.06. The Bertz CT molecular complexity index is 768. The van der Waals surface area contributed by atoms with E-state index in [9.17, 15) is 5.11 Å². The number of aliphatic hydroxyl groups excluding tert-OH is 1. The maximum atomic E-state index is 9.68. The molecule has 0 saturated carbocycles. The molecule has 29 heavy (non-hydrogen) atoms. The fourth-order valence-corrected chi connectivity index (χ4v) is 4.19. The van der Waals surface area contributed by atoms with Gasteiger partial charge in [-0.15, -0.1) is 0 Å². The average molecular weight is 389 g/mol. The molecular formula is C26H28O3. The van der Waals surface area contributed by atoms with Crippen molar-refractivity contribution in [2.45, 2.75) is 37.1 Å². The van der Waals surface area contributed by atoms with E-state index in [0.29, 0.717) is 13.2 Å². The van der Waals surface area contributed by atoms with E-state index in [1.165, 1.54) is 0 Å². The van der Waals surface area contributed by atoms with Gasteiger partial charge in [-0.3, -0.25) is 0 Å². The Morgan fingerprint density at radius 2 is 1.28 bits per heavy atom. The summed E-state index contributed by atoms with van der Waals surface area (Å²) in [6.07, 6.45) is 2.31. The fraction of sp³-hybridized carbons (Fsp3) is 0.308. The lowest BCUT2D eigenvalue weighted by Crippen LogP contribution is -2.33. The topological polar surface area (TPSA) is 38.7 Å². The maximum absolute atomic E-state index is 9.68. The first-order valence-corrected chi connectivity index (χ1v) is 10.4. The zero-order valence-corrected chi connectivity index (χ0v) is 16.6. The molecule has 3 heteroatoms. The first-order valence-electron chi connectivity index (χ1n) is 10.4. The Balaban J connectivity index is 1.64. The largest absolute Gasteiger partial charge is 0.391 e. The molecule has 1 heterocycles. The molecule has 2 atom stereocenters. The third-order valence-corrected chi connectivity index (χ3v) is 5.59. The second kappa shape index (κ2) is 9.36. The molecule has 3 aromatic carbocycles. The average Bonchev–Trinajstić information content (AvgIpc) is 3.21. The highest BCUT2D eigenvalue weighted by Crippen LogP contribution is 2.40. The molecule has 1 saturated heterocycles. The van der Waals surface area contributed by atoms with Crippen LogP contribution in [-0.2, 0) is 15.1 Å². The molecule has 1 aliphatic rings. The van der Waals surface area contributed by atoms with Crippen LogP contribution in [0.5, 0.6) is 0 Å². The van der Waals surface area contributed by atoms with Gasteiger partial charge in [-0.05, 0) is 29.5 Å². The van der Waals surface area contributed by atoms with Crippen LogP contribution < -0.4 is 0 Å². The second-order valence-electron chi connectivity index (χ2n) is 7.61. The molecular weight excluding hydrogens is 360 g/mol. The van der Waals surface area contributed by atoms with Crippen molar-refractivity contribution in [2.75, 3.05) is 13.2 Å². The van der Waals surface area contributed by atoms with Crippen LogP contribution in [0.4, 0.5) is 0 Å². The van der Waals surface area contributed by atoms with E-state index in [1.54, 1.807) is 0 Å². The number of hydrogen-bond acceptors (Lipinski definition) is 3. The minimum atomic E-state index is -0.667. The normalized spacial score (nSPS) is 19.3. The molecule has 0 radical (unpaired) electrons. The van der Waals surface area contributed by atoms with E-state index < -0.39 is 5.60 Å². The molecule has 2 unspecified atom stereocenters.